The van der Waals surface area contributed by atoms with Crippen LogP contribution in [0.5, 0.6) is 0 Å². The van der Waals surface area contributed by atoms with Gasteiger partial charge < -0.3 is 4.90 Å². The first kappa shape index (κ1) is 16.2. The van der Waals surface area contributed by atoms with Crippen molar-refractivity contribution < 1.29 is 9.59 Å². The zero-order valence-electron chi connectivity index (χ0n) is 13.2. The molecule has 116 valence electrons. The molecule has 0 aromatic carbocycles. The van der Waals surface area contributed by atoms with E-state index in [0.29, 0.717) is 5.92 Å². The maximum atomic E-state index is 12.7. The molecular weight excluding hydrogens is 282 g/mol. The highest BCUT2D eigenvalue weighted by Crippen LogP contribution is 2.39. The Morgan fingerprint density at radius 3 is 2.52 bits per heavy atom. The lowest BCUT2D eigenvalue weighted by Crippen LogP contribution is -2.45. The van der Waals surface area contributed by atoms with Crippen molar-refractivity contribution in [1.82, 2.24) is 4.90 Å². The SMILES string of the molecule is CN(CC(=O)c1cccs1)C(=O)C(C)(C)C1CCCCC1. The third-order valence-corrected chi connectivity index (χ3v) is 5.61. The molecular formula is C17H25NO2S. The van der Waals surface area contributed by atoms with Crippen molar-refractivity contribution in [2.75, 3.05) is 13.6 Å². The maximum Gasteiger partial charge on any atom is 0.228 e. The summed E-state index contributed by atoms with van der Waals surface area (Å²) < 4.78 is 0. The summed E-state index contributed by atoms with van der Waals surface area (Å²) in [6.07, 6.45) is 5.99. The minimum Gasteiger partial charge on any atom is -0.338 e. The summed E-state index contributed by atoms with van der Waals surface area (Å²) in [6.45, 7) is 4.25. The third-order valence-electron chi connectivity index (χ3n) is 4.70. The second-order valence-electron chi connectivity index (χ2n) is 6.62. The average Bonchev–Trinajstić information content (AvgIpc) is 3.01. The van der Waals surface area contributed by atoms with Crippen molar-refractivity contribution >= 4 is 23.0 Å². The number of carbonyl (C=O) groups is 2. The van der Waals surface area contributed by atoms with Crippen LogP contribution in [0.15, 0.2) is 17.5 Å². The molecule has 0 atom stereocenters. The van der Waals surface area contributed by atoms with Gasteiger partial charge in [0, 0.05) is 12.5 Å². The molecule has 1 aromatic heterocycles. The van der Waals surface area contributed by atoms with Crippen LogP contribution < -0.4 is 0 Å². The van der Waals surface area contributed by atoms with Crippen molar-refractivity contribution in [3.05, 3.63) is 22.4 Å². The second kappa shape index (κ2) is 6.73. The highest BCUT2D eigenvalue weighted by Gasteiger charge is 2.39. The predicted molar refractivity (Wildman–Crippen MR) is 86.6 cm³/mol. The van der Waals surface area contributed by atoms with Crippen molar-refractivity contribution in [3.8, 4) is 0 Å². The first-order chi connectivity index (χ1) is 9.93. The summed E-state index contributed by atoms with van der Waals surface area (Å²) in [4.78, 5) is 27.2. The summed E-state index contributed by atoms with van der Waals surface area (Å²) in [5.41, 5.74) is -0.370. The highest BCUT2D eigenvalue weighted by atomic mass is 32.1. The van der Waals surface area contributed by atoms with Crippen LogP contribution in [0, 0.1) is 11.3 Å². The molecule has 1 fully saturated rings. The van der Waals surface area contributed by atoms with E-state index in [4.69, 9.17) is 0 Å². The summed E-state index contributed by atoms with van der Waals surface area (Å²) in [5, 5.41) is 1.89. The molecule has 0 N–H and O–H groups in total. The third kappa shape index (κ3) is 3.73. The van der Waals surface area contributed by atoms with Gasteiger partial charge in [0.2, 0.25) is 5.91 Å². The van der Waals surface area contributed by atoms with Crippen molar-refractivity contribution in [3.63, 3.8) is 0 Å². The van der Waals surface area contributed by atoms with Gasteiger partial charge in [-0.2, -0.15) is 0 Å². The molecule has 1 aliphatic rings. The van der Waals surface area contributed by atoms with Gasteiger partial charge in [0.1, 0.15) is 0 Å². The van der Waals surface area contributed by atoms with E-state index in [2.05, 4.69) is 0 Å². The Kier molecular flexibility index (Phi) is 5.20. The largest absolute Gasteiger partial charge is 0.338 e. The Balaban J connectivity index is 1.99. The Morgan fingerprint density at radius 1 is 1.29 bits per heavy atom. The van der Waals surface area contributed by atoms with Crippen LogP contribution in [0.1, 0.15) is 55.6 Å². The molecule has 0 radical (unpaired) electrons. The first-order valence-corrected chi connectivity index (χ1v) is 8.63. The molecule has 21 heavy (non-hydrogen) atoms. The van der Waals surface area contributed by atoms with Gasteiger partial charge in [-0.25, -0.2) is 0 Å². The van der Waals surface area contributed by atoms with Gasteiger partial charge in [0.25, 0.3) is 0 Å². The van der Waals surface area contributed by atoms with Gasteiger partial charge in [-0.05, 0) is 30.2 Å². The number of ketones is 1. The van der Waals surface area contributed by atoms with Gasteiger partial charge in [0.15, 0.2) is 5.78 Å². The lowest BCUT2D eigenvalue weighted by atomic mass is 9.70. The van der Waals surface area contributed by atoms with E-state index in [1.807, 2.05) is 31.4 Å². The number of amides is 1. The van der Waals surface area contributed by atoms with Crippen LogP contribution in [-0.4, -0.2) is 30.2 Å². The number of carbonyl (C=O) groups excluding carboxylic acids is 2. The van der Waals surface area contributed by atoms with Crippen LogP contribution in [0.3, 0.4) is 0 Å². The van der Waals surface area contributed by atoms with Crippen molar-refractivity contribution in [2.24, 2.45) is 11.3 Å². The van der Waals surface area contributed by atoms with Gasteiger partial charge in [-0.3, -0.25) is 9.59 Å². The van der Waals surface area contributed by atoms with Gasteiger partial charge in [-0.15, -0.1) is 11.3 Å². The fourth-order valence-electron chi connectivity index (χ4n) is 3.29. The standard InChI is InChI=1S/C17H25NO2S/c1-17(2,13-8-5-4-6-9-13)16(20)18(3)12-14(19)15-10-7-11-21-15/h7,10-11,13H,4-6,8-9,12H2,1-3H3. The van der Waals surface area contributed by atoms with E-state index in [1.54, 1.807) is 11.9 Å². The molecule has 3 nitrogen and oxygen atoms in total. The van der Waals surface area contributed by atoms with E-state index in [-0.39, 0.29) is 23.7 Å². The summed E-state index contributed by atoms with van der Waals surface area (Å²) in [5.74, 6) is 0.567. The van der Waals surface area contributed by atoms with E-state index < -0.39 is 0 Å². The summed E-state index contributed by atoms with van der Waals surface area (Å²) in [6, 6.07) is 3.68. The van der Waals surface area contributed by atoms with Crippen LogP contribution in [0.4, 0.5) is 0 Å². The minimum atomic E-state index is -0.370. The molecule has 4 heteroatoms. The number of hydrogen-bond donors (Lipinski definition) is 0. The highest BCUT2D eigenvalue weighted by molar-refractivity contribution is 7.12. The summed E-state index contributed by atoms with van der Waals surface area (Å²) in [7, 11) is 1.75. The Morgan fingerprint density at radius 2 is 1.95 bits per heavy atom. The second-order valence-corrected chi connectivity index (χ2v) is 7.57. The zero-order valence-corrected chi connectivity index (χ0v) is 14.0. The van der Waals surface area contributed by atoms with Crippen LogP contribution in [0.2, 0.25) is 0 Å². The first-order valence-electron chi connectivity index (χ1n) is 7.75. The smallest absolute Gasteiger partial charge is 0.228 e. The quantitative estimate of drug-likeness (QED) is 0.771. The minimum absolute atomic E-state index is 0.0281. The number of nitrogens with zero attached hydrogens (tertiary/aromatic N) is 1. The van der Waals surface area contributed by atoms with E-state index in [9.17, 15) is 9.59 Å². The Bertz CT molecular complexity index is 487. The molecule has 1 aliphatic carbocycles. The van der Waals surface area contributed by atoms with Crippen LogP contribution >= 0.6 is 11.3 Å². The topological polar surface area (TPSA) is 37.4 Å². The normalized spacial score (nSPS) is 16.7. The Labute approximate surface area is 131 Å². The molecule has 1 aromatic rings. The van der Waals surface area contributed by atoms with Crippen molar-refractivity contribution in [1.29, 1.82) is 0 Å². The number of Topliss-reactive ketones (excluding diaryl/α,β-unsaturated/α-hetero) is 1. The number of thiophene rings is 1. The van der Waals surface area contributed by atoms with Crippen molar-refractivity contribution in [2.45, 2.75) is 46.0 Å². The molecule has 2 rings (SSSR count). The number of hydrogen-bond acceptors (Lipinski definition) is 3. The van der Waals surface area contributed by atoms with Gasteiger partial charge in [-0.1, -0.05) is 39.2 Å². The van der Waals surface area contributed by atoms with E-state index >= 15 is 0 Å². The lowest BCUT2D eigenvalue weighted by Gasteiger charge is -2.38. The molecule has 1 amide bonds. The summed E-state index contributed by atoms with van der Waals surface area (Å²) >= 11 is 1.43. The fourth-order valence-corrected chi connectivity index (χ4v) is 3.95. The molecule has 1 heterocycles. The lowest BCUT2D eigenvalue weighted by molar-refractivity contribution is -0.142. The molecule has 0 bridgehead atoms. The molecule has 0 spiro atoms. The molecule has 0 aliphatic heterocycles. The van der Waals surface area contributed by atoms with Gasteiger partial charge >= 0.3 is 0 Å². The van der Waals surface area contributed by atoms with E-state index in [1.165, 1.54) is 30.6 Å². The predicted octanol–water partition coefficient (Wildman–Crippen LogP) is 4.00. The molecule has 0 saturated heterocycles. The van der Waals surface area contributed by atoms with E-state index in [0.717, 1.165) is 17.7 Å². The number of likely N-dealkylation sites (N-methyl/N-ethyl adjacent to an activating group) is 1. The monoisotopic (exact) mass is 307 g/mol. The van der Waals surface area contributed by atoms with Crippen LogP contribution in [-0.2, 0) is 4.79 Å². The average molecular weight is 307 g/mol. The molecule has 1 saturated carbocycles. The van der Waals surface area contributed by atoms with Crippen LogP contribution in [0.25, 0.3) is 0 Å². The number of rotatable bonds is 5. The fraction of sp³-hybridized carbons (Fsp3) is 0.647. The van der Waals surface area contributed by atoms with Gasteiger partial charge in [0.05, 0.1) is 11.4 Å². The zero-order chi connectivity index (χ0) is 15.5. The molecule has 0 unspecified atom stereocenters. The Hall–Kier alpha value is -1.16. The maximum absolute atomic E-state index is 12.7.